The number of rotatable bonds is 4. The molecule has 0 amide bonds. The molecule has 0 heterocycles. The predicted molar refractivity (Wildman–Crippen MR) is 68.6 cm³/mol. The van der Waals surface area contributed by atoms with Gasteiger partial charge in [-0.2, -0.15) is 0 Å². The van der Waals surface area contributed by atoms with E-state index in [0.717, 1.165) is 0 Å². The maximum Gasteiger partial charge on any atom is 0.123 e. The third kappa shape index (κ3) is 4.00. The quantitative estimate of drug-likeness (QED) is 0.797. The van der Waals surface area contributed by atoms with Crippen molar-refractivity contribution in [3.05, 3.63) is 27.7 Å². The second-order valence-electron chi connectivity index (χ2n) is 3.29. The van der Waals surface area contributed by atoms with E-state index in [1.807, 2.05) is 0 Å². The van der Waals surface area contributed by atoms with Crippen molar-refractivity contribution in [3.63, 3.8) is 0 Å². The predicted octanol–water partition coefficient (Wildman–Crippen LogP) is 2.89. The molecule has 0 spiro atoms. The number of hydrogen-bond acceptors (Lipinski definition) is 3. The SMILES string of the molecule is Cl.N[C@@H](CCCO)c1c(O)cc(Cl)cc1Cl. The Balaban J connectivity index is 0.00000225. The van der Waals surface area contributed by atoms with Gasteiger partial charge in [-0.05, 0) is 25.0 Å². The molecule has 1 rings (SSSR count). The standard InChI is InChI=1S/C10H13Cl2NO2.ClH/c11-6-4-7(12)10(9(15)5-6)8(13)2-1-3-14;/h4-5,8,14-15H,1-3,13H2;1H/t8-;/m0./s1. The molecule has 16 heavy (non-hydrogen) atoms. The number of aliphatic hydroxyl groups excluding tert-OH is 1. The van der Waals surface area contributed by atoms with Gasteiger partial charge in [0.05, 0.1) is 5.02 Å². The third-order valence-electron chi connectivity index (χ3n) is 2.12. The molecule has 1 aromatic rings. The molecule has 0 aliphatic heterocycles. The zero-order valence-corrected chi connectivity index (χ0v) is 10.8. The fourth-order valence-electron chi connectivity index (χ4n) is 1.39. The Hall–Kier alpha value is -0.190. The van der Waals surface area contributed by atoms with Crippen molar-refractivity contribution in [2.24, 2.45) is 5.73 Å². The van der Waals surface area contributed by atoms with E-state index in [1.165, 1.54) is 12.1 Å². The van der Waals surface area contributed by atoms with Gasteiger partial charge in [-0.15, -0.1) is 12.4 Å². The normalized spacial score (nSPS) is 12.0. The van der Waals surface area contributed by atoms with Crippen LogP contribution < -0.4 is 5.73 Å². The minimum atomic E-state index is -0.387. The molecule has 3 nitrogen and oxygen atoms in total. The first-order valence-corrected chi connectivity index (χ1v) is 5.36. The molecule has 0 saturated carbocycles. The van der Waals surface area contributed by atoms with Gasteiger partial charge in [0.2, 0.25) is 0 Å². The fourth-order valence-corrected chi connectivity index (χ4v) is 2.02. The average molecular weight is 287 g/mol. The van der Waals surface area contributed by atoms with E-state index in [9.17, 15) is 5.11 Å². The number of halogens is 3. The molecule has 0 bridgehead atoms. The topological polar surface area (TPSA) is 66.5 Å². The number of benzene rings is 1. The Morgan fingerprint density at radius 1 is 1.31 bits per heavy atom. The molecule has 4 N–H and O–H groups in total. The van der Waals surface area contributed by atoms with Gasteiger partial charge in [0, 0.05) is 23.2 Å². The van der Waals surface area contributed by atoms with E-state index in [2.05, 4.69) is 0 Å². The van der Waals surface area contributed by atoms with Crippen LogP contribution in [-0.4, -0.2) is 16.8 Å². The molecule has 0 aromatic heterocycles. The summed E-state index contributed by atoms with van der Waals surface area (Å²) in [6.45, 7) is 0.0691. The van der Waals surface area contributed by atoms with E-state index in [-0.39, 0.29) is 30.8 Å². The molecule has 92 valence electrons. The first-order valence-electron chi connectivity index (χ1n) is 4.60. The Bertz CT molecular complexity index is 324. The van der Waals surface area contributed by atoms with Crippen LogP contribution in [0.15, 0.2) is 12.1 Å². The zero-order valence-electron chi connectivity index (χ0n) is 8.49. The van der Waals surface area contributed by atoms with Crippen molar-refractivity contribution in [1.82, 2.24) is 0 Å². The molecule has 1 atom stereocenters. The lowest BCUT2D eigenvalue weighted by molar-refractivity contribution is 0.279. The minimum Gasteiger partial charge on any atom is -0.508 e. The number of aromatic hydroxyl groups is 1. The number of aliphatic hydroxyl groups is 1. The lowest BCUT2D eigenvalue weighted by Crippen LogP contribution is -2.11. The summed E-state index contributed by atoms with van der Waals surface area (Å²) in [4.78, 5) is 0. The van der Waals surface area contributed by atoms with Crippen molar-refractivity contribution in [1.29, 1.82) is 0 Å². The van der Waals surface area contributed by atoms with Gasteiger partial charge >= 0.3 is 0 Å². The van der Waals surface area contributed by atoms with Crippen LogP contribution in [0.5, 0.6) is 5.75 Å². The molecule has 0 aliphatic carbocycles. The van der Waals surface area contributed by atoms with E-state index >= 15 is 0 Å². The largest absolute Gasteiger partial charge is 0.508 e. The summed E-state index contributed by atoms with van der Waals surface area (Å²) in [5.41, 5.74) is 6.32. The summed E-state index contributed by atoms with van der Waals surface area (Å²) in [6, 6.07) is 2.56. The maximum atomic E-state index is 9.63. The van der Waals surface area contributed by atoms with Crippen molar-refractivity contribution < 1.29 is 10.2 Å². The van der Waals surface area contributed by atoms with Crippen LogP contribution in [-0.2, 0) is 0 Å². The van der Waals surface area contributed by atoms with Gasteiger partial charge in [-0.3, -0.25) is 0 Å². The summed E-state index contributed by atoms with van der Waals surface area (Å²) in [5, 5.41) is 19.0. The van der Waals surface area contributed by atoms with Crippen LogP contribution in [0.2, 0.25) is 10.0 Å². The summed E-state index contributed by atoms with van der Waals surface area (Å²) < 4.78 is 0. The van der Waals surface area contributed by atoms with Crippen LogP contribution in [0, 0.1) is 0 Å². The maximum absolute atomic E-state index is 9.63. The number of hydrogen-bond donors (Lipinski definition) is 3. The molecule has 1 aromatic carbocycles. The Kier molecular flexibility index (Phi) is 7.11. The first kappa shape index (κ1) is 15.8. The Labute approximate surface area is 111 Å². The van der Waals surface area contributed by atoms with Crippen LogP contribution in [0.3, 0.4) is 0 Å². The third-order valence-corrected chi connectivity index (χ3v) is 2.65. The highest BCUT2D eigenvalue weighted by Crippen LogP contribution is 2.35. The molecule has 0 aliphatic rings. The summed E-state index contributed by atoms with van der Waals surface area (Å²) >= 11 is 11.6. The molecule has 0 unspecified atom stereocenters. The fraction of sp³-hybridized carbons (Fsp3) is 0.400. The molecule has 6 heteroatoms. The number of phenolic OH excluding ortho intramolecular Hbond substituents is 1. The zero-order chi connectivity index (χ0) is 11.4. The Morgan fingerprint density at radius 3 is 2.44 bits per heavy atom. The summed E-state index contributed by atoms with van der Waals surface area (Å²) in [7, 11) is 0. The number of nitrogens with two attached hydrogens (primary N) is 1. The van der Waals surface area contributed by atoms with Gasteiger partial charge in [-0.25, -0.2) is 0 Å². The van der Waals surface area contributed by atoms with Crippen LogP contribution in [0.25, 0.3) is 0 Å². The van der Waals surface area contributed by atoms with Gasteiger partial charge in [0.15, 0.2) is 0 Å². The highest BCUT2D eigenvalue weighted by atomic mass is 35.5. The van der Waals surface area contributed by atoms with Gasteiger partial charge in [0.25, 0.3) is 0 Å². The summed E-state index contributed by atoms with van der Waals surface area (Å²) in [6.07, 6.45) is 1.13. The lowest BCUT2D eigenvalue weighted by atomic mass is 10.0. The van der Waals surface area contributed by atoms with Crippen molar-refractivity contribution in [3.8, 4) is 5.75 Å². The van der Waals surface area contributed by atoms with E-state index < -0.39 is 0 Å². The van der Waals surface area contributed by atoms with Crippen molar-refractivity contribution in [2.75, 3.05) is 6.61 Å². The van der Waals surface area contributed by atoms with E-state index in [0.29, 0.717) is 28.5 Å². The van der Waals surface area contributed by atoms with Crippen LogP contribution >= 0.6 is 35.6 Å². The van der Waals surface area contributed by atoms with Crippen LogP contribution in [0.4, 0.5) is 0 Å². The van der Waals surface area contributed by atoms with Gasteiger partial charge in [-0.1, -0.05) is 23.2 Å². The second kappa shape index (κ2) is 7.20. The van der Waals surface area contributed by atoms with Crippen LogP contribution in [0.1, 0.15) is 24.4 Å². The molecular weight excluding hydrogens is 272 g/mol. The van der Waals surface area contributed by atoms with Gasteiger partial charge in [0.1, 0.15) is 5.75 Å². The highest BCUT2D eigenvalue weighted by molar-refractivity contribution is 6.35. The van der Waals surface area contributed by atoms with E-state index in [1.54, 1.807) is 0 Å². The van der Waals surface area contributed by atoms with Crippen molar-refractivity contribution in [2.45, 2.75) is 18.9 Å². The number of phenols is 1. The molecular formula is C10H14Cl3NO2. The summed E-state index contributed by atoms with van der Waals surface area (Å²) in [5.74, 6) is -0.00191. The molecule has 0 radical (unpaired) electrons. The molecule has 0 fully saturated rings. The Morgan fingerprint density at radius 2 is 1.94 bits per heavy atom. The second-order valence-corrected chi connectivity index (χ2v) is 4.14. The van der Waals surface area contributed by atoms with Crippen molar-refractivity contribution >= 4 is 35.6 Å². The smallest absolute Gasteiger partial charge is 0.123 e. The van der Waals surface area contributed by atoms with E-state index in [4.69, 9.17) is 34.0 Å². The monoisotopic (exact) mass is 285 g/mol. The highest BCUT2D eigenvalue weighted by Gasteiger charge is 2.15. The molecule has 0 saturated heterocycles. The average Bonchev–Trinajstić information content (AvgIpc) is 2.12. The first-order chi connectivity index (χ1) is 7.06. The lowest BCUT2D eigenvalue weighted by Gasteiger charge is -2.15. The minimum absolute atomic E-state index is 0. The van der Waals surface area contributed by atoms with Gasteiger partial charge < -0.3 is 15.9 Å².